The van der Waals surface area contributed by atoms with E-state index in [0.29, 0.717) is 5.75 Å². The molecule has 4 heterocycles. The fourth-order valence-corrected chi connectivity index (χ4v) is 11.2. The molecule has 2 unspecified atom stereocenters. The normalized spacial score (nSPS) is 25.4. The number of aliphatic hydroxyl groups excluding tert-OH is 4. The van der Waals surface area contributed by atoms with Gasteiger partial charge in [-0.3, -0.25) is 23.2 Å². The number of para-hydroxylation sites is 1. The maximum atomic E-state index is 15.5. The summed E-state index contributed by atoms with van der Waals surface area (Å²) in [6, 6.07) is 15.8. The number of hydrogen-bond donors (Lipinski definition) is 7. The number of aliphatic hydroxyl groups is 4. The summed E-state index contributed by atoms with van der Waals surface area (Å²) in [6.45, 7) is 5.03. The summed E-state index contributed by atoms with van der Waals surface area (Å²) in [5.41, 5.74) is -0.791. The Labute approximate surface area is 455 Å². The number of halogens is 4. The van der Waals surface area contributed by atoms with Gasteiger partial charge in [-0.05, 0) is 81.1 Å². The minimum absolute atomic E-state index is 0.0551. The molecule has 30 heteroatoms. The monoisotopic (exact) mass is 1210 g/mol. The molecule has 0 aliphatic carbocycles. The second-order valence-electron chi connectivity index (χ2n) is 18.8. The second kappa shape index (κ2) is 27.8. The number of ether oxygens (including phenoxy) is 2. The van der Waals surface area contributed by atoms with Crippen molar-refractivity contribution in [3.63, 3.8) is 0 Å². The van der Waals surface area contributed by atoms with Crippen LogP contribution >= 0.6 is 41.8 Å². The molecular weight excluding hydrogens is 1150 g/mol. The first-order valence-electron chi connectivity index (χ1n) is 23.6. The van der Waals surface area contributed by atoms with Crippen LogP contribution < -0.4 is 36.3 Å². The number of nitrogens with one attached hydrogen (secondary N) is 2. The Balaban J connectivity index is 0.000000264. The molecule has 2 aromatic carbocycles. The van der Waals surface area contributed by atoms with Gasteiger partial charge in [0, 0.05) is 42.2 Å². The molecule has 0 amide bonds. The van der Waals surface area contributed by atoms with Gasteiger partial charge in [0.05, 0.1) is 31.6 Å². The number of aromatic nitrogens is 4. The Morgan fingerprint density at radius 2 is 1.38 bits per heavy atom. The third kappa shape index (κ3) is 17.8. The van der Waals surface area contributed by atoms with Gasteiger partial charge in [-0.1, -0.05) is 61.8 Å². The minimum atomic E-state index is -4.22. The Morgan fingerprint density at radius 1 is 0.857 bits per heavy atom. The van der Waals surface area contributed by atoms with Crippen LogP contribution in [0.3, 0.4) is 0 Å². The summed E-state index contributed by atoms with van der Waals surface area (Å²) in [5.74, 6) is -0.568. The van der Waals surface area contributed by atoms with E-state index < -0.39 is 112 Å². The van der Waals surface area contributed by atoms with Crippen LogP contribution in [0.15, 0.2) is 98.2 Å². The highest BCUT2D eigenvalue weighted by atomic mass is 79.9. The van der Waals surface area contributed by atoms with Gasteiger partial charge in [0.2, 0.25) is 0 Å². The number of benzene rings is 2. The number of nitrogens with two attached hydrogens (primary N) is 1. The Kier molecular flexibility index (Phi) is 23.4. The summed E-state index contributed by atoms with van der Waals surface area (Å²) in [6.07, 6.45) is -4.66. The SMILES string of the molecule is CC(=O)[C@@H](NP(=O)(OC[C@H]1O[C@@H](n2ccc(N)nc2=O)[C@](C)(F)[C@@H]1O)Oc1ccccc1)C(C)C.CC(C)[C@H](NP(=O)(Cl)Oc1ccc(Br)cc1)C(=O)CO.CN(C)C=Nc1ccn([C@@H]2O[C@H](CO)[C@@H](O)[C@@]2(C)F)c(=O)n1. The molecule has 12 atom stereocenters. The van der Waals surface area contributed by atoms with E-state index in [-0.39, 0.29) is 35.0 Å². The molecule has 2 fully saturated rings. The van der Waals surface area contributed by atoms with Gasteiger partial charge in [0.15, 0.2) is 35.4 Å². The lowest BCUT2D eigenvalue weighted by Crippen LogP contribution is -2.43. The van der Waals surface area contributed by atoms with Crippen molar-refractivity contribution < 1.29 is 71.0 Å². The number of nitrogens with zero attached hydrogens (tertiary/aromatic N) is 6. The predicted octanol–water partition coefficient (Wildman–Crippen LogP) is 5.01. The van der Waals surface area contributed by atoms with Crippen LogP contribution in [0.2, 0.25) is 0 Å². The Hall–Kier alpha value is -4.86. The number of hydrogen-bond acceptors (Lipinski definition) is 19. The molecule has 0 spiro atoms. The molecule has 4 aromatic rings. The molecular formula is C47H65BrClF2N9O15P2. The molecule has 77 heavy (non-hydrogen) atoms. The van der Waals surface area contributed by atoms with Crippen molar-refractivity contribution in [1.82, 2.24) is 34.2 Å². The zero-order chi connectivity index (χ0) is 57.8. The van der Waals surface area contributed by atoms with Crippen molar-refractivity contribution in [2.45, 2.75) is 109 Å². The molecule has 426 valence electrons. The summed E-state index contributed by atoms with van der Waals surface area (Å²) in [7, 11) is -0.684. The van der Waals surface area contributed by atoms with Crippen molar-refractivity contribution >= 4 is 71.3 Å². The average Bonchev–Trinajstić information content (AvgIpc) is 3.72. The van der Waals surface area contributed by atoms with Crippen molar-refractivity contribution in [3.8, 4) is 11.5 Å². The minimum Gasteiger partial charge on any atom is -0.422 e. The number of nitrogen functional groups attached to an aromatic ring is 1. The summed E-state index contributed by atoms with van der Waals surface area (Å²) in [4.78, 5) is 60.8. The van der Waals surface area contributed by atoms with E-state index in [0.717, 1.165) is 27.5 Å². The largest absolute Gasteiger partial charge is 0.459 e. The summed E-state index contributed by atoms with van der Waals surface area (Å²) < 4.78 is 85.7. The van der Waals surface area contributed by atoms with E-state index in [4.69, 9.17) is 50.2 Å². The highest BCUT2D eigenvalue weighted by molar-refractivity contribution is 9.10. The van der Waals surface area contributed by atoms with Gasteiger partial charge in [-0.2, -0.15) is 9.97 Å². The zero-order valence-electron chi connectivity index (χ0n) is 43.4. The number of ketones is 2. The van der Waals surface area contributed by atoms with Crippen molar-refractivity contribution in [2.24, 2.45) is 16.8 Å². The van der Waals surface area contributed by atoms with Crippen LogP contribution in [0.4, 0.5) is 20.4 Å². The smallest absolute Gasteiger partial charge is 0.422 e. The Morgan fingerprint density at radius 3 is 1.86 bits per heavy atom. The van der Waals surface area contributed by atoms with Crippen LogP contribution in [-0.4, -0.2) is 144 Å². The predicted molar refractivity (Wildman–Crippen MR) is 284 cm³/mol. The van der Waals surface area contributed by atoms with Crippen LogP contribution in [0, 0.1) is 11.8 Å². The molecule has 2 aliphatic rings. The number of anilines is 1. The lowest BCUT2D eigenvalue weighted by Gasteiger charge is -2.27. The highest BCUT2D eigenvalue weighted by Gasteiger charge is 2.57. The second-order valence-corrected chi connectivity index (χ2v) is 24.2. The molecule has 2 aliphatic heterocycles. The maximum Gasteiger partial charge on any atom is 0.459 e. The molecule has 2 aromatic heterocycles. The van der Waals surface area contributed by atoms with Crippen LogP contribution in [0.25, 0.3) is 0 Å². The molecule has 2 saturated heterocycles. The van der Waals surface area contributed by atoms with Crippen molar-refractivity contribution in [2.75, 3.05) is 39.6 Å². The van der Waals surface area contributed by atoms with Crippen LogP contribution in [0.5, 0.6) is 11.5 Å². The fourth-order valence-electron chi connectivity index (χ4n) is 7.42. The van der Waals surface area contributed by atoms with E-state index in [1.807, 2.05) is 0 Å². The zero-order valence-corrected chi connectivity index (χ0v) is 47.6. The number of alkyl halides is 2. The third-order valence-electron chi connectivity index (χ3n) is 11.5. The summed E-state index contributed by atoms with van der Waals surface area (Å²) in [5, 5.41) is 43.5. The Bertz CT molecular complexity index is 2860. The first-order valence-corrected chi connectivity index (χ1v) is 28.5. The molecule has 0 saturated carbocycles. The molecule has 6 rings (SSSR count). The first-order chi connectivity index (χ1) is 35.9. The highest BCUT2D eigenvalue weighted by Crippen LogP contribution is 2.50. The number of Topliss-reactive ketones (excluding diaryl/α,β-unsaturated/α-hetero) is 2. The lowest BCUT2D eigenvalue weighted by atomic mass is 9.98. The van der Waals surface area contributed by atoms with E-state index in [1.165, 1.54) is 37.8 Å². The molecule has 8 N–H and O–H groups in total. The fraction of sp³-hybridized carbons (Fsp3) is 0.511. The van der Waals surface area contributed by atoms with Gasteiger partial charge < -0.3 is 49.6 Å². The standard InChI is InChI=1S/C22H30FN4O7P.C13H19FN4O4.C12H16BrClNO4P/c1-13(2)18(14(3)28)26-35(31,34-15-8-6-5-7-9-15)32-12-16-19(29)22(4,23)20(33-16)27-11-10-17(24)25-21(27)30;1-13(14)10(20)8(6-19)22-11(13)18-5-4-9(16-12(18)21)15-7-17(2)3;1-8(2)12(11(17)7-16)15-20(14,18)19-10-5-3-9(13)4-6-10/h5-11,13,16,18-20,29H,12H2,1-4H3,(H,26,31)(H2,24,25,30);4-5,7-8,10-11,19-20H,6H2,1-3H3;3-6,8,12,16H,7H2,1-2H3,(H,15,18)/t16-,18+,19-,20-,22-,35?;8-,10-,11-,13-;12-,20?/m110/s1. The van der Waals surface area contributed by atoms with E-state index in [2.05, 4.69) is 41.1 Å². The van der Waals surface area contributed by atoms with Gasteiger partial charge in [-0.15, -0.1) is 0 Å². The van der Waals surface area contributed by atoms with Gasteiger partial charge >= 0.3 is 26.0 Å². The maximum absolute atomic E-state index is 15.5. The lowest BCUT2D eigenvalue weighted by molar-refractivity contribution is -0.124. The number of carbonyl (C=O) groups excluding carboxylic acids is 2. The number of carbonyl (C=O) groups is 2. The molecule has 0 bridgehead atoms. The third-order valence-corrected chi connectivity index (χ3v) is 15.1. The molecule has 24 nitrogen and oxygen atoms in total. The number of rotatable bonds is 21. The van der Waals surface area contributed by atoms with E-state index in [9.17, 15) is 42.9 Å². The molecule has 0 radical (unpaired) electrons. The summed E-state index contributed by atoms with van der Waals surface area (Å²) >= 11 is 9.09. The van der Waals surface area contributed by atoms with E-state index in [1.54, 1.807) is 101 Å². The van der Waals surface area contributed by atoms with Gasteiger partial charge in [-0.25, -0.2) is 42.7 Å². The quantitative estimate of drug-likeness (QED) is 0.0327. The topological polar surface area (TPSA) is 331 Å². The van der Waals surface area contributed by atoms with Gasteiger partial charge in [0.1, 0.15) is 54.1 Å². The van der Waals surface area contributed by atoms with Crippen LogP contribution in [-0.2, 0) is 32.7 Å². The van der Waals surface area contributed by atoms with Crippen LogP contribution in [0.1, 0.15) is 60.9 Å². The van der Waals surface area contributed by atoms with E-state index >= 15 is 4.39 Å². The van der Waals surface area contributed by atoms with Crippen molar-refractivity contribution in [3.05, 3.63) is 105 Å². The van der Waals surface area contributed by atoms with Crippen molar-refractivity contribution in [1.29, 1.82) is 0 Å². The van der Waals surface area contributed by atoms with Gasteiger partial charge in [0.25, 0.3) is 0 Å². The average molecular weight is 1210 g/mol. The number of aliphatic imine (C=N–C) groups is 1. The first kappa shape index (κ1) is 64.7.